The Morgan fingerprint density at radius 1 is 1.11 bits per heavy atom. The summed E-state index contributed by atoms with van der Waals surface area (Å²) in [4.78, 5) is 2.47. The fourth-order valence-electron chi connectivity index (χ4n) is 4.35. The fourth-order valence-corrected chi connectivity index (χ4v) is 4.35. The molecule has 2 aliphatic heterocycles. The maximum Gasteiger partial charge on any atom is 0.0850 e. The molecule has 2 atom stereocenters. The average Bonchev–Trinajstić information content (AvgIpc) is 2.84. The van der Waals surface area contributed by atoms with Crippen molar-refractivity contribution in [1.82, 2.24) is 10.2 Å². The van der Waals surface area contributed by atoms with Crippen LogP contribution in [0.3, 0.4) is 0 Å². The van der Waals surface area contributed by atoms with Gasteiger partial charge in [0.05, 0.1) is 12.2 Å². The van der Waals surface area contributed by atoms with E-state index in [0.717, 1.165) is 19.1 Å². The van der Waals surface area contributed by atoms with Gasteiger partial charge in [0.1, 0.15) is 0 Å². The molecule has 3 fully saturated rings. The summed E-state index contributed by atoms with van der Waals surface area (Å²) in [6.07, 6.45) is 9.46. The van der Waals surface area contributed by atoms with Crippen molar-refractivity contribution < 1.29 is 4.74 Å². The van der Waals surface area contributed by atoms with Crippen LogP contribution < -0.4 is 5.32 Å². The molecular weight excluding hydrogens is 224 g/mol. The second-order valence-corrected chi connectivity index (χ2v) is 6.55. The predicted molar refractivity (Wildman–Crippen MR) is 73.8 cm³/mol. The molecule has 0 radical (unpaired) electrons. The van der Waals surface area contributed by atoms with Crippen LogP contribution >= 0.6 is 0 Å². The molecule has 3 nitrogen and oxygen atoms in total. The van der Waals surface area contributed by atoms with Gasteiger partial charge in [0.15, 0.2) is 0 Å². The Morgan fingerprint density at radius 3 is 2.78 bits per heavy atom. The minimum atomic E-state index is 0.151. The van der Waals surface area contributed by atoms with E-state index in [2.05, 4.69) is 17.3 Å². The van der Waals surface area contributed by atoms with Crippen molar-refractivity contribution in [2.24, 2.45) is 5.92 Å². The Bertz CT molecular complexity index is 278. The molecule has 1 N–H and O–H groups in total. The maximum absolute atomic E-state index is 6.37. The Balaban J connectivity index is 1.76. The monoisotopic (exact) mass is 252 g/mol. The molecule has 1 aliphatic carbocycles. The van der Waals surface area contributed by atoms with Crippen molar-refractivity contribution in [3.63, 3.8) is 0 Å². The Kier molecular flexibility index (Phi) is 3.92. The summed E-state index contributed by atoms with van der Waals surface area (Å²) in [5.41, 5.74) is 0.151. The van der Waals surface area contributed by atoms with Gasteiger partial charge in [-0.2, -0.15) is 0 Å². The van der Waals surface area contributed by atoms with Crippen molar-refractivity contribution >= 4 is 0 Å². The van der Waals surface area contributed by atoms with Crippen LogP contribution in [0.2, 0.25) is 0 Å². The first-order valence-corrected chi connectivity index (χ1v) is 7.86. The second kappa shape index (κ2) is 5.48. The lowest BCUT2D eigenvalue weighted by molar-refractivity contribution is -0.118. The van der Waals surface area contributed by atoms with Gasteiger partial charge < -0.3 is 15.0 Å². The van der Waals surface area contributed by atoms with Crippen molar-refractivity contribution in [1.29, 1.82) is 0 Å². The van der Waals surface area contributed by atoms with E-state index in [4.69, 9.17) is 4.74 Å². The van der Waals surface area contributed by atoms with Gasteiger partial charge in [-0.05, 0) is 51.6 Å². The molecule has 2 heterocycles. The number of likely N-dealkylation sites (tertiary alicyclic amines) is 1. The van der Waals surface area contributed by atoms with E-state index in [1.807, 2.05) is 0 Å². The summed E-state index contributed by atoms with van der Waals surface area (Å²) in [7, 11) is 2.25. The molecular formula is C15H28N2O. The highest BCUT2D eigenvalue weighted by molar-refractivity contribution is 5.01. The molecule has 1 spiro atoms. The zero-order valence-corrected chi connectivity index (χ0v) is 11.8. The normalized spacial score (nSPS) is 40.2. The van der Waals surface area contributed by atoms with Gasteiger partial charge in [-0.15, -0.1) is 0 Å². The van der Waals surface area contributed by atoms with Crippen molar-refractivity contribution in [3.05, 3.63) is 0 Å². The van der Waals surface area contributed by atoms with E-state index >= 15 is 0 Å². The largest absolute Gasteiger partial charge is 0.372 e. The minimum Gasteiger partial charge on any atom is -0.372 e. The first-order valence-electron chi connectivity index (χ1n) is 7.86. The number of morpholine rings is 1. The lowest BCUT2D eigenvalue weighted by atomic mass is 9.77. The number of ether oxygens (including phenoxy) is 1. The van der Waals surface area contributed by atoms with E-state index < -0.39 is 0 Å². The number of hydrogen-bond donors (Lipinski definition) is 1. The number of hydrogen-bond acceptors (Lipinski definition) is 3. The third-order valence-electron chi connectivity index (χ3n) is 5.35. The van der Waals surface area contributed by atoms with Crippen LogP contribution in [-0.2, 0) is 4.74 Å². The van der Waals surface area contributed by atoms with Crippen LogP contribution in [0.4, 0.5) is 0 Å². The molecule has 2 unspecified atom stereocenters. The molecule has 104 valence electrons. The van der Waals surface area contributed by atoms with E-state index in [0.29, 0.717) is 6.04 Å². The minimum absolute atomic E-state index is 0.151. The van der Waals surface area contributed by atoms with Crippen LogP contribution in [0.1, 0.15) is 44.9 Å². The van der Waals surface area contributed by atoms with Gasteiger partial charge in [0.25, 0.3) is 0 Å². The molecule has 2 saturated heterocycles. The molecule has 3 heteroatoms. The van der Waals surface area contributed by atoms with Gasteiger partial charge in [0, 0.05) is 19.1 Å². The summed E-state index contributed by atoms with van der Waals surface area (Å²) in [5.74, 6) is 0.869. The standard InChI is InChI=1S/C15H28N2O/c1-17-10-4-7-15(8-11-17)14(16-9-12-18-15)13-5-2-3-6-13/h13-14,16H,2-12H2,1H3. The first kappa shape index (κ1) is 12.9. The van der Waals surface area contributed by atoms with Gasteiger partial charge >= 0.3 is 0 Å². The molecule has 0 aromatic heterocycles. The average molecular weight is 252 g/mol. The Hall–Kier alpha value is -0.120. The SMILES string of the molecule is CN1CCCC2(CC1)OCCNC2C1CCCC1. The molecule has 18 heavy (non-hydrogen) atoms. The maximum atomic E-state index is 6.37. The van der Waals surface area contributed by atoms with Crippen LogP contribution in [0.25, 0.3) is 0 Å². The van der Waals surface area contributed by atoms with Gasteiger partial charge in [-0.25, -0.2) is 0 Å². The van der Waals surface area contributed by atoms with Crippen LogP contribution in [0.5, 0.6) is 0 Å². The molecule has 0 aromatic rings. The summed E-state index contributed by atoms with van der Waals surface area (Å²) >= 11 is 0. The number of nitrogens with zero attached hydrogens (tertiary/aromatic N) is 1. The third-order valence-corrected chi connectivity index (χ3v) is 5.35. The summed E-state index contributed by atoms with van der Waals surface area (Å²) in [6, 6.07) is 0.625. The molecule has 0 bridgehead atoms. The zero-order chi connectivity index (χ0) is 12.4. The summed E-state index contributed by atoms with van der Waals surface area (Å²) in [5, 5.41) is 3.82. The molecule has 0 amide bonds. The molecule has 3 rings (SSSR count). The van der Waals surface area contributed by atoms with Crippen molar-refractivity contribution in [3.8, 4) is 0 Å². The van der Waals surface area contributed by atoms with E-state index in [1.165, 1.54) is 58.0 Å². The second-order valence-electron chi connectivity index (χ2n) is 6.55. The van der Waals surface area contributed by atoms with Crippen LogP contribution in [0.15, 0.2) is 0 Å². The van der Waals surface area contributed by atoms with E-state index in [9.17, 15) is 0 Å². The quantitative estimate of drug-likeness (QED) is 0.773. The van der Waals surface area contributed by atoms with E-state index in [-0.39, 0.29) is 5.60 Å². The van der Waals surface area contributed by atoms with Crippen LogP contribution in [0, 0.1) is 5.92 Å². The van der Waals surface area contributed by atoms with Gasteiger partial charge in [-0.1, -0.05) is 12.8 Å². The Labute approximate surface area is 111 Å². The first-order chi connectivity index (χ1) is 8.80. The van der Waals surface area contributed by atoms with Crippen molar-refractivity contribution in [2.75, 3.05) is 33.3 Å². The smallest absolute Gasteiger partial charge is 0.0850 e. The Morgan fingerprint density at radius 2 is 1.94 bits per heavy atom. The third kappa shape index (κ3) is 2.45. The van der Waals surface area contributed by atoms with E-state index in [1.54, 1.807) is 0 Å². The number of rotatable bonds is 1. The number of nitrogens with one attached hydrogen (secondary N) is 1. The molecule has 0 aromatic carbocycles. The lowest BCUT2D eigenvalue weighted by Gasteiger charge is -2.47. The highest BCUT2D eigenvalue weighted by atomic mass is 16.5. The summed E-state index contributed by atoms with van der Waals surface area (Å²) in [6.45, 7) is 4.40. The zero-order valence-electron chi connectivity index (χ0n) is 11.8. The highest BCUT2D eigenvalue weighted by Gasteiger charge is 2.46. The van der Waals surface area contributed by atoms with Gasteiger partial charge in [-0.3, -0.25) is 0 Å². The fraction of sp³-hybridized carbons (Fsp3) is 1.00. The summed E-state index contributed by atoms with van der Waals surface area (Å²) < 4.78 is 6.37. The topological polar surface area (TPSA) is 24.5 Å². The molecule has 3 aliphatic rings. The highest BCUT2D eigenvalue weighted by Crippen LogP contribution is 2.40. The van der Waals surface area contributed by atoms with Gasteiger partial charge in [0.2, 0.25) is 0 Å². The van der Waals surface area contributed by atoms with Crippen molar-refractivity contribution in [2.45, 2.75) is 56.6 Å². The predicted octanol–water partition coefficient (Wildman–Crippen LogP) is 2.02. The molecule has 1 saturated carbocycles. The van der Waals surface area contributed by atoms with Crippen LogP contribution in [-0.4, -0.2) is 49.8 Å². The lowest BCUT2D eigenvalue weighted by Crippen LogP contribution is -2.61.